The van der Waals surface area contributed by atoms with E-state index >= 15 is 0 Å². The van der Waals surface area contributed by atoms with E-state index in [-0.39, 0.29) is 0 Å². The number of thioether (sulfide) groups is 1. The highest BCUT2D eigenvalue weighted by molar-refractivity contribution is 8.03. The van der Waals surface area contributed by atoms with Crippen LogP contribution in [0.5, 0.6) is 0 Å². The number of allylic oxidation sites excluding steroid dienone is 1. The summed E-state index contributed by atoms with van der Waals surface area (Å²) in [5.41, 5.74) is 0. The van der Waals surface area contributed by atoms with Crippen LogP contribution >= 0.6 is 11.8 Å². The molecule has 1 rings (SSSR count). The topological polar surface area (TPSA) is 9.23 Å². The second-order valence-electron chi connectivity index (χ2n) is 5.36. The van der Waals surface area contributed by atoms with Crippen LogP contribution in [0, 0.1) is 5.92 Å². The molecule has 1 nitrogen and oxygen atoms in total. The smallest absolute Gasteiger partial charge is 0.242 e. The molecule has 0 unspecified atom stereocenters. The Hall–Kier alpha value is -0.673. The van der Waals surface area contributed by atoms with Crippen LogP contribution in [-0.2, 0) is 4.43 Å². The molecule has 0 aliphatic heterocycles. The Morgan fingerprint density at radius 2 is 1.76 bits per heavy atom. The van der Waals surface area contributed by atoms with Crippen LogP contribution in [0.25, 0.3) is 0 Å². The van der Waals surface area contributed by atoms with E-state index in [1.54, 1.807) is 11.8 Å². The molecule has 1 aromatic carbocycles. The molecule has 0 aliphatic carbocycles. The van der Waals surface area contributed by atoms with Gasteiger partial charge in [0.25, 0.3) is 0 Å². The Balaban J connectivity index is 2.78. The molecular formula is C14H22OSSi. The minimum Gasteiger partial charge on any atom is -0.540 e. The SMILES string of the molecule is CC(C)/C=C(/O[Si](C)(C)C)Sc1ccccc1. The summed E-state index contributed by atoms with van der Waals surface area (Å²) >= 11 is 1.72. The molecule has 17 heavy (non-hydrogen) atoms. The van der Waals surface area contributed by atoms with Crippen LogP contribution in [0.15, 0.2) is 46.4 Å². The lowest BCUT2D eigenvalue weighted by molar-refractivity contribution is 0.457. The second-order valence-corrected chi connectivity index (χ2v) is 10.9. The summed E-state index contributed by atoms with van der Waals surface area (Å²) in [6.45, 7) is 11.0. The summed E-state index contributed by atoms with van der Waals surface area (Å²) in [7, 11) is -1.53. The van der Waals surface area contributed by atoms with Crippen molar-refractivity contribution in [1.82, 2.24) is 0 Å². The molecule has 0 N–H and O–H groups in total. The number of hydrogen-bond donors (Lipinski definition) is 0. The van der Waals surface area contributed by atoms with Crippen LogP contribution in [0.4, 0.5) is 0 Å². The maximum atomic E-state index is 6.12. The van der Waals surface area contributed by atoms with Crippen molar-refractivity contribution in [3.8, 4) is 0 Å². The summed E-state index contributed by atoms with van der Waals surface area (Å²) in [5.74, 6) is 0.512. The van der Waals surface area contributed by atoms with Crippen molar-refractivity contribution < 1.29 is 4.43 Å². The highest BCUT2D eigenvalue weighted by Gasteiger charge is 2.18. The molecule has 0 bridgehead atoms. The molecule has 0 aliphatic rings. The van der Waals surface area contributed by atoms with E-state index in [4.69, 9.17) is 4.43 Å². The van der Waals surface area contributed by atoms with Crippen LogP contribution in [0.3, 0.4) is 0 Å². The minimum atomic E-state index is -1.53. The molecule has 0 atom stereocenters. The fourth-order valence-corrected chi connectivity index (χ4v) is 3.72. The predicted octanol–water partition coefficient (Wildman–Crippen LogP) is 5.13. The third kappa shape index (κ3) is 6.59. The Morgan fingerprint density at radius 1 is 1.18 bits per heavy atom. The van der Waals surface area contributed by atoms with Gasteiger partial charge in [0.2, 0.25) is 8.32 Å². The van der Waals surface area contributed by atoms with Gasteiger partial charge in [-0.15, -0.1) is 0 Å². The summed E-state index contributed by atoms with van der Waals surface area (Å²) in [5, 5.41) is 1.05. The summed E-state index contributed by atoms with van der Waals surface area (Å²) in [6.07, 6.45) is 2.20. The third-order valence-electron chi connectivity index (χ3n) is 1.84. The van der Waals surface area contributed by atoms with Gasteiger partial charge in [-0.05, 0) is 43.8 Å². The van der Waals surface area contributed by atoms with Crippen molar-refractivity contribution in [2.45, 2.75) is 38.4 Å². The van der Waals surface area contributed by atoms with Crippen LogP contribution in [-0.4, -0.2) is 8.32 Å². The van der Waals surface area contributed by atoms with Crippen molar-refractivity contribution in [1.29, 1.82) is 0 Å². The quantitative estimate of drug-likeness (QED) is 0.415. The Kier molecular flexibility index (Phi) is 5.34. The molecule has 0 radical (unpaired) electrons. The Labute approximate surface area is 110 Å². The zero-order valence-electron chi connectivity index (χ0n) is 11.4. The molecular weight excluding hydrogens is 244 g/mol. The van der Waals surface area contributed by atoms with Gasteiger partial charge in [0.05, 0.1) is 0 Å². The average molecular weight is 266 g/mol. The van der Waals surface area contributed by atoms with Gasteiger partial charge in [0.1, 0.15) is 5.09 Å². The van der Waals surface area contributed by atoms with Crippen LogP contribution < -0.4 is 0 Å². The number of hydrogen-bond acceptors (Lipinski definition) is 2. The molecule has 0 spiro atoms. The molecule has 0 saturated heterocycles. The first-order valence-corrected chi connectivity index (χ1v) is 10.2. The van der Waals surface area contributed by atoms with Crippen molar-refractivity contribution in [3.63, 3.8) is 0 Å². The second kappa shape index (κ2) is 6.31. The maximum absolute atomic E-state index is 6.12. The molecule has 0 aromatic heterocycles. The molecule has 0 heterocycles. The van der Waals surface area contributed by atoms with E-state index in [0.717, 1.165) is 5.09 Å². The number of benzene rings is 1. The number of rotatable bonds is 5. The van der Waals surface area contributed by atoms with E-state index in [2.05, 4.69) is 63.8 Å². The molecule has 0 saturated carbocycles. The van der Waals surface area contributed by atoms with Crippen LogP contribution in [0.2, 0.25) is 19.6 Å². The largest absolute Gasteiger partial charge is 0.540 e. The maximum Gasteiger partial charge on any atom is 0.242 e. The van der Waals surface area contributed by atoms with E-state index in [9.17, 15) is 0 Å². The van der Waals surface area contributed by atoms with Crippen molar-refractivity contribution in [2.24, 2.45) is 5.92 Å². The lowest BCUT2D eigenvalue weighted by atomic mass is 10.2. The summed E-state index contributed by atoms with van der Waals surface area (Å²) < 4.78 is 6.12. The van der Waals surface area contributed by atoms with Gasteiger partial charge in [0, 0.05) is 4.90 Å². The first-order chi connectivity index (χ1) is 7.87. The summed E-state index contributed by atoms with van der Waals surface area (Å²) in [4.78, 5) is 1.23. The minimum absolute atomic E-state index is 0.512. The molecule has 1 aromatic rings. The standard InChI is InChI=1S/C14H22OSSi/c1-12(2)11-14(15-17(3,4)5)16-13-9-7-6-8-10-13/h6-12H,1-5H3/b14-11-. The average Bonchev–Trinajstić information content (AvgIpc) is 2.15. The Bertz CT molecular complexity index is 366. The fourth-order valence-electron chi connectivity index (χ4n) is 1.27. The zero-order chi connectivity index (χ0) is 12.9. The van der Waals surface area contributed by atoms with E-state index in [1.807, 2.05) is 6.07 Å². The monoisotopic (exact) mass is 266 g/mol. The molecule has 3 heteroatoms. The van der Waals surface area contributed by atoms with Gasteiger partial charge in [-0.2, -0.15) is 0 Å². The van der Waals surface area contributed by atoms with Gasteiger partial charge < -0.3 is 4.43 Å². The van der Waals surface area contributed by atoms with Crippen molar-refractivity contribution >= 4 is 20.1 Å². The van der Waals surface area contributed by atoms with Crippen molar-refractivity contribution in [3.05, 3.63) is 41.5 Å². The van der Waals surface area contributed by atoms with Gasteiger partial charge in [0.15, 0.2) is 0 Å². The van der Waals surface area contributed by atoms with E-state index in [0.29, 0.717) is 5.92 Å². The first-order valence-electron chi connectivity index (χ1n) is 6.00. The van der Waals surface area contributed by atoms with E-state index in [1.165, 1.54) is 4.90 Å². The lowest BCUT2D eigenvalue weighted by Gasteiger charge is -2.22. The summed E-state index contributed by atoms with van der Waals surface area (Å²) in [6, 6.07) is 10.4. The predicted molar refractivity (Wildman–Crippen MR) is 79.7 cm³/mol. The van der Waals surface area contributed by atoms with Crippen molar-refractivity contribution in [2.75, 3.05) is 0 Å². The van der Waals surface area contributed by atoms with Gasteiger partial charge in [-0.25, -0.2) is 0 Å². The highest BCUT2D eigenvalue weighted by atomic mass is 32.2. The lowest BCUT2D eigenvalue weighted by Crippen LogP contribution is -2.24. The Morgan fingerprint density at radius 3 is 2.24 bits per heavy atom. The molecule has 0 amide bonds. The first kappa shape index (κ1) is 14.4. The fraction of sp³-hybridized carbons (Fsp3) is 0.429. The molecule has 94 valence electrons. The van der Waals surface area contributed by atoms with E-state index < -0.39 is 8.32 Å². The third-order valence-corrected chi connectivity index (χ3v) is 3.75. The van der Waals surface area contributed by atoms with Gasteiger partial charge in [-0.1, -0.05) is 43.8 Å². The zero-order valence-corrected chi connectivity index (χ0v) is 13.2. The highest BCUT2D eigenvalue weighted by Crippen LogP contribution is 2.30. The van der Waals surface area contributed by atoms with Crippen LogP contribution in [0.1, 0.15) is 13.8 Å². The van der Waals surface area contributed by atoms with Gasteiger partial charge >= 0.3 is 0 Å². The van der Waals surface area contributed by atoms with Gasteiger partial charge in [-0.3, -0.25) is 0 Å². The normalized spacial score (nSPS) is 12.9. The molecule has 0 fully saturated rings.